The number of rotatable bonds is 7. The van der Waals surface area contributed by atoms with Crippen molar-refractivity contribution in [2.75, 3.05) is 20.1 Å². The Morgan fingerprint density at radius 3 is 2.24 bits per heavy atom. The molecule has 2 rings (SSSR count). The number of hydrogen-bond donors (Lipinski definition) is 0. The minimum atomic E-state index is -3.50. The highest BCUT2D eigenvalue weighted by atomic mass is 79.9. The van der Waals surface area contributed by atoms with Gasteiger partial charge in [-0.1, -0.05) is 13.8 Å². The molecule has 0 unspecified atom stereocenters. The van der Waals surface area contributed by atoms with E-state index in [1.165, 1.54) is 16.4 Å². The van der Waals surface area contributed by atoms with Crippen LogP contribution in [0.3, 0.4) is 0 Å². The number of halogens is 1. The van der Waals surface area contributed by atoms with Gasteiger partial charge in [0, 0.05) is 40.4 Å². The normalized spacial score (nSPS) is 11.7. The van der Waals surface area contributed by atoms with Crippen molar-refractivity contribution >= 4 is 43.2 Å². The fraction of sp³-hybridized carbons (Fsp3) is 0.353. The van der Waals surface area contributed by atoms with Crippen LogP contribution in [0.2, 0.25) is 0 Å². The van der Waals surface area contributed by atoms with E-state index in [4.69, 9.17) is 0 Å². The van der Waals surface area contributed by atoms with Crippen molar-refractivity contribution in [2.45, 2.75) is 25.3 Å². The summed E-state index contributed by atoms with van der Waals surface area (Å²) in [5.41, 5.74) is 0.469. The highest BCUT2D eigenvalue weighted by Gasteiger charge is 2.22. The summed E-state index contributed by atoms with van der Waals surface area (Å²) in [7, 11) is -1.77. The monoisotopic (exact) mass is 444 g/mol. The van der Waals surface area contributed by atoms with E-state index in [9.17, 15) is 13.2 Å². The van der Waals surface area contributed by atoms with E-state index < -0.39 is 10.0 Å². The minimum absolute atomic E-state index is 0.142. The second-order valence-corrected chi connectivity index (χ2v) is 9.36. The number of hydrogen-bond acceptors (Lipinski definition) is 4. The van der Waals surface area contributed by atoms with Gasteiger partial charge in [0.15, 0.2) is 0 Å². The van der Waals surface area contributed by atoms with Crippen LogP contribution in [0.15, 0.2) is 45.1 Å². The molecule has 1 heterocycles. The minimum Gasteiger partial charge on any atom is -0.337 e. The molecule has 5 nitrogen and oxygen atoms in total. The maximum Gasteiger partial charge on any atom is 0.253 e. The molecule has 0 aliphatic carbocycles. The third-order valence-corrected chi connectivity index (χ3v) is 7.55. The van der Waals surface area contributed by atoms with Gasteiger partial charge in [0.05, 0.1) is 11.4 Å². The Morgan fingerprint density at radius 2 is 1.76 bits per heavy atom. The van der Waals surface area contributed by atoms with E-state index in [0.717, 1.165) is 9.35 Å². The van der Waals surface area contributed by atoms with Gasteiger partial charge in [0.25, 0.3) is 5.91 Å². The number of sulfonamides is 1. The van der Waals surface area contributed by atoms with Gasteiger partial charge >= 0.3 is 0 Å². The first-order valence-electron chi connectivity index (χ1n) is 7.88. The van der Waals surface area contributed by atoms with E-state index in [1.807, 2.05) is 11.4 Å². The zero-order valence-corrected chi connectivity index (χ0v) is 17.6. The molecule has 0 aliphatic heterocycles. The van der Waals surface area contributed by atoms with Gasteiger partial charge in [-0.15, -0.1) is 11.3 Å². The van der Waals surface area contributed by atoms with Crippen LogP contribution < -0.4 is 0 Å². The molecular formula is C17H21BrN2O3S2. The van der Waals surface area contributed by atoms with Gasteiger partial charge < -0.3 is 4.90 Å². The van der Waals surface area contributed by atoms with Crippen molar-refractivity contribution in [2.24, 2.45) is 0 Å². The van der Waals surface area contributed by atoms with Crippen molar-refractivity contribution in [1.29, 1.82) is 0 Å². The third kappa shape index (κ3) is 4.69. The zero-order valence-electron chi connectivity index (χ0n) is 14.4. The highest BCUT2D eigenvalue weighted by molar-refractivity contribution is 9.10. The Kier molecular flexibility index (Phi) is 6.79. The van der Waals surface area contributed by atoms with Gasteiger partial charge in [-0.2, -0.15) is 4.31 Å². The molecule has 0 atom stereocenters. The molecule has 0 fully saturated rings. The lowest BCUT2D eigenvalue weighted by molar-refractivity contribution is 0.0786. The summed E-state index contributed by atoms with van der Waals surface area (Å²) in [5, 5.41) is 1.97. The summed E-state index contributed by atoms with van der Waals surface area (Å²) < 4.78 is 27.4. The fourth-order valence-electron chi connectivity index (χ4n) is 2.44. The molecule has 0 aliphatic rings. The molecule has 0 saturated heterocycles. The molecular weight excluding hydrogens is 424 g/mol. The molecule has 0 N–H and O–H groups in total. The Hall–Kier alpha value is -1.22. The van der Waals surface area contributed by atoms with Crippen LogP contribution in [-0.4, -0.2) is 43.7 Å². The van der Waals surface area contributed by atoms with Crippen LogP contribution in [0.4, 0.5) is 0 Å². The summed E-state index contributed by atoms with van der Waals surface area (Å²) in [6, 6.07) is 8.11. The molecule has 8 heteroatoms. The second kappa shape index (κ2) is 8.44. The molecule has 136 valence electrons. The average Bonchev–Trinajstić information content (AvgIpc) is 3.00. The van der Waals surface area contributed by atoms with Gasteiger partial charge in [0.1, 0.15) is 0 Å². The predicted octanol–water partition coefficient (Wildman–Crippen LogP) is 3.81. The molecule has 0 spiro atoms. The zero-order chi connectivity index (χ0) is 18.6. The lowest BCUT2D eigenvalue weighted by Crippen LogP contribution is -2.30. The van der Waals surface area contributed by atoms with Gasteiger partial charge in [-0.3, -0.25) is 4.79 Å². The molecule has 0 radical (unpaired) electrons. The molecule has 25 heavy (non-hydrogen) atoms. The number of benzene rings is 1. The van der Waals surface area contributed by atoms with Crippen molar-refractivity contribution < 1.29 is 13.2 Å². The summed E-state index contributed by atoms with van der Waals surface area (Å²) in [6.45, 7) is 4.94. The van der Waals surface area contributed by atoms with E-state index in [2.05, 4.69) is 15.9 Å². The largest absolute Gasteiger partial charge is 0.337 e. The van der Waals surface area contributed by atoms with Crippen LogP contribution in [-0.2, 0) is 16.6 Å². The second-order valence-electron chi connectivity index (χ2n) is 5.51. The van der Waals surface area contributed by atoms with Crippen LogP contribution in [0, 0.1) is 0 Å². The Bertz CT molecular complexity index is 828. The van der Waals surface area contributed by atoms with Crippen LogP contribution in [0.5, 0.6) is 0 Å². The predicted molar refractivity (Wildman–Crippen MR) is 104 cm³/mol. The van der Waals surface area contributed by atoms with E-state index in [-0.39, 0.29) is 10.8 Å². The molecule has 1 aromatic carbocycles. The lowest BCUT2D eigenvalue weighted by Gasteiger charge is -2.19. The van der Waals surface area contributed by atoms with Gasteiger partial charge in [-0.25, -0.2) is 8.42 Å². The maximum absolute atomic E-state index is 12.5. The van der Waals surface area contributed by atoms with Crippen LogP contribution in [0.1, 0.15) is 29.1 Å². The summed E-state index contributed by atoms with van der Waals surface area (Å²) in [6.07, 6.45) is 0. The molecule has 1 aromatic heterocycles. The van der Waals surface area contributed by atoms with Crippen molar-refractivity contribution in [3.05, 3.63) is 50.6 Å². The third-order valence-electron chi connectivity index (χ3n) is 3.81. The number of carbonyl (C=O) groups excluding carboxylic acids is 1. The highest BCUT2D eigenvalue weighted by Crippen LogP contribution is 2.22. The van der Waals surface area contributed by atoms with E-state index in [0.29, 0.717) is 25.2 Å². The Balaban J connectivity index is 2.14. The van der Waals surface area contributed by atoms with Gasteiger partial charge in [-0.05, 0) is 46.3 Å². The first-order chi connectivity index (χ1) is 11.8. The first kappa shape index (κ1) is 20.1. The maximum atomic E-state index is 12.5. The standard InChI is InChI=1S/C17H21BrN2O3S2/c1-4-20(5-2)25(22,23)16-8-6-13(7-9-16)17(21)19(3)11-15-10-14(18)12-24-15/h6-10,12H,4-5,11H2,1-3H3. The molecule has 0 bridgehead atoms. The Morgan fingerprint density at radius 1 is 1.16 bits per heavy atom. The summed E-state index contributed by atoms with van der Waals surface area (Å²) in [5.74, 6) is -0.142. The summed E-state index contributed by atoms with van der Waals surface area (Å²) >= 11 is 4.98. The number of amides is 1. The SMILES string of the molecule is CCN(CC)S(=O)(=O)c1ccc(C(=O)N(C)Cc2cc(Br)cs2)cc1. The van der Waals surface area contributed by atoms with E-state index in [1.54, 1.807) is 49.3 Å². The van der Waals surface area contributed by atoms with Crippen molar-refractivity contribution in [3.8, 4) is 0 Å². The lowest BCUT2D eigenvalue weighted by atomic mass is 10.2. The topological polar surface area (TPSA) is 57.7 Å². The smallest absolute Gasteiger partial charge is 0.253 e. The van der Waals surface area contributed by atoms with E-state index >= 15 is 0 Å². The van der Waals surface area contributed by atoms with Crippen molar-refractivity contribution in [1.82, 2.24) is 9.21 Å². The molecule has 1 amide bonds. The molecule has 2 aromatic rings. The fourth-order valence-corrected chi connectivity index (χ4v) is 5.41. The molecule has 0 saturated carbocycles. The Labute approximate surface area is 161 Å². The van der Waals surface area contributed by atoms with Crippen LogP contribution >= 0.6 is 27.3 Å². The van der Waals surface area contributed by atoms with Crippen LogP contribution in [0.25, 0.3) is 0 Å². The average molecular weight is 445 g/mol. The first-order valence-corrected chi connectivity index (χ1v) is 11.0. The number of thiophene rings is 1. The summed E-state index contributed by atoms with van der Waals surface area (Å²) in [4.78, 5) is 15.4. The van der Waals surface area contributed by atoms with Gasteiger partial charge in [0.2, 0.25) is 10.0 Å². The number of nitrogens with zero attached hydrogens (tertiary/aromatic N) is 2. The quantitative estimate of drug-likeness (QED) is 0.651. The van der Waals surface area contributed by atoms with Crippen molar-refractivity contribution in [3.63, 3.8) is 0 Å². The number of carbonyl (C=O) groups is 1.